The molecule has 0 aliphatic carbocycles. The second-order valence-corrected chi connectivity index (χ2v) is 7.01. The van der Waals surface area contributed by atoms with E-state index in [2.05, 4.69) is 20.5 Å². The third kappa shape index (κ3) is 3.94. The van der Waals surface area contributed by atoms with Gasteiger partial charge in [0.1, 0.15) is 12.7 Å². The molecule has 0 bridgehead atoms. The highest BCUT2D eigenvalue weighted by molar-refractivity contribution is 5.94. The van der Waals surface area contributed by atoms with E-state index in [9.17, 15) is 4.79 Å². The number of benzene rings is 2. The summed E-state index contributed by atoms with van der Waals surface area (Å²) in [4.78, 5) is 16.6. The molecule has 4 aromatic rings. The number of hydrogen-bond acceptors (Lipinski definition) is 4. The predicted molar refractivity (Wildman–Crippen MR) is 110 cm³/mol. The highest BCUT2D eigenvalue weighted by atomic mass is 16.1. The van der Waals surface area contributed by atoms with Gasteiger partial charge in [-0.25, -0.2) is 14.3 Å². The quantitative estimate of drug-likeness (QED) is 0.569. The molecular weight excluding hydrogens is 364 g/mol. The van der Waals surface area contributed by atoms with Gasteiger partial charge >= 0.3 is 0 Å². The van der Waals surface area contributed by atoms with Gasteiger partial charge in [0.15, 0.2) is 0 Å². The Kier molecular flexibility index (Phi) is 4.95. The van der Waals surface area contributed by atoms with Crippen LogP contribution in [0.5, 0.6) is 0 Å². The van der Waals surface area contributed by atoms with Crippen LogP contribution in [0.4, 0.5) is 0 Å². The van der Waals surface area contributed by atoms with E-state index in [4.69, 9.17) is 0 Å². The molecule has 0 saturated carbocycles. The number of aryl methyl sites for hydroxylation is 2. The zero-order chi connectivity index (χ0) is 20.4. The Bertz CT molecular complexity index is 1110. The van der Waals surface area contributed by atoms with Crippen LogP contribution in [-0.4, -0.2) is 30.5 Å². The number of hydrogen-bond donors (Lipinski definition) is 1. The van der Waals surface area contributed by atoms with Crippen LogP contribution in [0.25, 0.3) is 11.4 Å². The molecular formula is C22H22N6O. The van der Waals surface area contributed by atoms with E-state index in [0.717, 1.165) is 28.3 Å². The fourth-order valence-electron chi connectivity index (χ4n) is 3.26. The zero-order valence-electron chi connectivity index (χ0n) is 16.6. The first-order valence-electron chi connectivity index (χ1n) is 9.41. The van der Waals surface area contributed by atoms with Gasteiger partial charge in [-0.05, 0) is 68.8 Å². The van der Waals surface area contributed by atoms with Crippen LogP contribution < -0.4 is 5.32 Å². The number of nitrogens with zero attached hydrogens (tertiary/aromatic N) is 5. The summed E-state index contributed by atoms with van der Waals surface area (Å²) in [6.45, 7) is 5.94. The lowest BCUT2D eigenvalue weighted by molar-refractivity contribution is 0.0940. The van der Waals surface area contributed by atoms with Crippen LogP contribution in [0.3, 0.4) is 0 Å². The Balaban J connectivity index is 1.44. The summed E-state index contributed by atoms with van der Waals surface area (Å²) in [5, 5.41) is 11.6. The third-order valence-corrected chi connectivity index (χ3v) is 4.81. The molecule has 0 saturated heterocycles. The minimum atomic E-state index is -0.122. The molecule has 1 amide bonds. The Hall–Kier alpha value is -3.74. The summed E-state index contributed by atoms with van der Waals surface area (Å²) in [5.41, 5.74) is 5.51. The van der Waals surface area contributed by atoms with Crippen molar-refractivity contribution in [1.29, 1.82) is 0 Å². The van der Waals surface area contributed by atoms with Gasteiger partial charge in [0.2, 0.25) is 0 Å². The molecule has 2 aromatic heterocycles. The molecule has 0 aliphatic rings. The molecule has 1 atom stereocenters. The lowest BCUT2D eigenvalue weighted by Crippen LogP contribution is -2.26. The van der Waals surface area contributed by atoms with Crippen LogP contribution in [-0.2, 0) is 0 Å². The molecule has 1 N–H and O–H groups in total. The van der Waals surface area contributed by atoms with Crippen LogP contribution in [0, 0.1) is 13.8 Å². The molecule has 0 radical (unpaired) electrons. The third-order valence-electron chi connectivity index (χ3n) is 4.81. The lowest BCUT2D eigenvalue weighted by Gasteiger charge is -2.15. The zero-order valence-corrected chi connectivity index (χ0v) is 16.6. The van der Waals surface area contributed by atoms with Gasteiger partial charge in [-0.2, -0.15) is 10.2 Å². The lowest BCUT2D eigenvalue weighted by atomic mass is 10.1. The van der Waals surface area contributed by atoms with Gasteiger partial charge in [0.05, 0.1) is 23.1 Å². The van der Waals surface area contributed by atoms with Crippen LogP contribution >= 0.6 is 0 Å². The molecule has 7 heteroatoms. The standard InChI is InChI=1S/C22H22N6O/c1-15-12-16(2)28(26-15)21-10-6-19(7-11-21)22(29)25-17(3)18-4-8-20(9-5-18)27-14-23-13-24-27/h4-14,17H,1-3H3,(H,25,29). The maximum absolute atomic E-state index is 12.6. The largest absolute Gasteiger partial charge is 0.346 e. The maximum atomic E-state index is 12.6. The molecule has 4 rings (SSSR count). The topological polar surface area (TPSA) is 77.6 Å². The van der Waals surface area contributed by atoms with E-state index in [-0.39, 0.29) is 11.9 Å². The minimum absolute atomic E-state index is 0.113. The molecule has 0 fully saturated rings. The van der Waals surface area contributed by atoms with E-state index in [1.807, 2.05) is 80.1 Å². The average molecular weight is 386 g/mol. The van der Waals surface area contributed by atoms with Crippen molar-refractivity contribution in [1.82, 2.24) is 29.9 Å². The van der Waals surface area contributed by atoms with Crippen molar-refractivity contribution in [2.75, 3.05) is 0 Å². The number of carbonyl (C=O) groups excluding carboxylic acids is 1. The van der Waals surface area contributed by atoms with Gasteiger partial charge < -0.3 is 5.32 Å². The number of amides is 1. The smallest absolute Gasteiger partial charge is 0.251 e. The number of aromatic nitrogens is 5. The van der Waals surface area contributed by atoms with E-state index >= 15 is 0 Å². The summed E-state index contributed by atoms with van der Waals surface area (Å²) >= 11 is 0. The van der Waals surface area contributed by atoms with Crippen molar-refractivity contribution in [2.24, 2.45) is 0 Å². The van der Waals surface area contributed by atoms with Crippen molar-refractivity contribution in [3.05, 3.63) is 89.8 Å². The van der Waals surface area contributed by atoms with E-state index in [1.54, 1.807) is 11.0 Å². The summed E-state index contributed by atoms with van der Waals surface area (Å²) < 4.78 is 3.56. The molecule has 0 aliphatic heterocycles. The fraction of sp³-hybridized carbons (Fsp3) is 0.182. The van der Waals surface area contributed by atoms with E-state index < -0.39 is 0 Å². The molecule has 2 heterocycles. The van der Waals surface area contributed by atoms with Crippen molar-refractivity contribution in [3.63, 3.8) is 0 Å². The second kappa shape index (κ2) is 7.71. The van der Waals surface area contributed by atoms with Crippen molar-refractivity contribution in [3.8, 4) is 11.4 Å². The van der Waals surface area contributed by atoms with E-state index in [0.29, 0.717) is 5.56 Å². The normalized spacial score (nSPS) is 12.0. The van der Waals surface area contributed by atoms with Crippen molar-refractivity contribution >= 4 is 5.91 Å². The Morgan fingerprint density at radius 1 is 1.00 bits per heavy atom. The van der Waals surface area contributed by atoms with Gasteiger partial charge in [-0.1, -0.05) is 12.1 Å². The summed E-state index contributed by atoms with van der Waals surface area (Å²) in [7, 11) is 0. The summed E-state index contributed by atoms with van der Waals surface area (Å²) in [6, 6.07) is 17.2. The Morgan fingerprint density at radius 3 is 2.28 bits per heavy atom. The first kappa shape index (κ1) is 18.6. The molecule has 1 unspecified atom stereocenters. The number of carbonyl (C=O) groups is 1. The predicted octanol–water partition coefficient (Wildman–Crippen LogP) is 3.56. The Labute approximate surface area is 169 Å². The molecule has 7 nitrogen and oxygen atoms in total. The summed E-state index contributed by atoms with van der Waals surface area (Å²) in [5.74, 6) is -0.113. The minimum Gasteiger partial charge on any atom is -0.346 e. The SMILES string of the molecule is Cc1cc(C)n(-c2ccc(C(=O)NC(C)c3ccc(-n4cncn4)cc3)cc2)n1. The van der Waals surface area contributed by atoms with Gasteiger partial charge in [0, 0.05) is 11.3 Å². The van der Waals surface area contributed by atoms with Crippen LogP contribution in [0.1, 0.15) is 40.3 Å². The molecule has 146 valence electrons. The van der Waals surface area contributed by atoms with Crippen molar-refractivity contribution in [2.45, 2.75) is 26.8 Å². The van der Waals surface area contributed by atoms with Crippen LogP contribution in [0.15, 0.2) is 67.3 Å². The molecule has 2 aromatic carbocycles. The summed E-state index contributed by atoms with van der Waals surface area (Å²) in [6.07, 6.45) is 3.15. The van der Waals surface area contributed by atoms with Gasteiger partial charge in [0.25, 0.3) is 5.91 Å². The number of rotatable bonds is 5. The fourth-order valence-corrected chi connectivity index (χ4v) is 3.26. The van der Waals surface area contributed by atoms with Gasteiger partial charge in [-0.15, -0.1) is 0 Å². The average Bonchev–Trinajstić information content (AvgIpc) is 3.38. The van der Waals surface area contributed by atoms with Crippen LogP contribution in [0.2, 0.25) is 0 Å². The molecule has 0 spiro atoms. The van der Waals surface area contributed by atoms with Gasteiger partial charge in [-0.3, -0.25) is 4.79 Å². The monoisotopic (exact) mass is 386 g/mol. The maximum Gasteiger partial charge on any atom is 0.251 e. The molecule has 29 heavy (non-hydrogen) atoms. The van der Waals surface area contributed by atoms with E-state index in [1.165, 1.54) is 6.33 Å². The second-order valence-electron chi connectivity index (χ2n) is 7.01. The highest BCUT2D eigenvalue weighted by Gasteiger charge is 2.12. The highest BCUT2D eigenvalue weighted by Crippen LogP contribution is 2.17. The first-order chi connectivity index (χ1) is 14.0. The van der Waals surface area contributed by atoms with Crippen molar-refractivity contribution < 1.29 is 4.79 Å². The Morgan fingerprint density at radius 2 is 1.69 bits per heavy atom. The first-order valence-corrected chi connectivity index (χ1v) is 9.41. The number of nitrogens with one attached hydrogen (secondary N) is 1.